The van der Waals surface area contributed by atoms with Crippen molar-refractivity contribution in [3.63, 3.8) is 0 Å². The van der Waals surface area contributed by atoms with Crippen LogP contribution in [0, 0.1) is 5.92 Å². The van der Waals surface area contributed by atoms with E-state index in [1.807, 2.05) is 0 Å². The fourth-order valence-corrected chi connectivity index (χ4v) is 1.63. The maximum absolute atomic E-state index is 12.3. The number of nitrogens with one attached hydrogen (secondary N) is 1. The van der Waals surface area contributed by atoms with Crippen molar-refractivity contribution in [1.29, 1.82) is 0 Å². The lowest BCUT2D eigenvalue weighted by Crippen LogP contribution is -2.58. The number of hydrazine groups is 1. The molecule has 0 aromatic rings. The first kappa shape index (κ1) is 21.0. The number of carboxylic acids is 1. The summed E-state index contributed by atoms with van der Waals surface area (Å²) in [5, 5.41) is 10.0. The van der Waals surface area contributed by atoms with Gasteiger partial charge in [0.05, 0.1) is 0 Å². The monoisotopic (exact) mass is 332 g/mol. The van der Waals surface area contributed by atoms with Crippen LogP contribution < -0.4 is 5.43 Å². The summed E-state index contributed by atoms with van der Waals surface area (Å²) in [5.41, 5.74) is 0.542. The topological polar surface area (TPSA) is 105 Å². The van der Waals surface area contributed by atoms with Gasteiger partial charge in [-0.15, -0.1) is 0 Å². The van der Waals surface area contributed by atoms with Gasteiger partial charge in [-0.05, 0) is 47.5 Å². The minimum atomic E-state index is -1.29. The van der Waals surface area contributed by atoms with Crippen molar-refractivity contribution in [3.8, 4) is 0 Å². The van der Waals surface area contributed by atoms with Crippen molar-refractivity contribution in [2.75, 3.05) is 0 Å². The lowest BCUT2D eigenvalue weighted by molar-refractivity contribution is -0.146. The molecule has 134 valence electrons. The quantitative estimate of drug-likeness (QED) is 0.770. The van der Waals surface area contributed by atoms with Crippen molar-refractivity contribution in [2.45, 2.75) is 72.6 Å². The molecule has 0 fully saturated rings. The van der Waals surface area contributed by atoms with E-state index in [-0.39, 0.29) is 0 Å². The third-order valence-corrected chi connectivity index (χ3v) is 2.36. The van der Waals surface area contributed by atoms with Crippen molar-refractivity contribution < 1.29 is 29.0 Å². The predicted molar refractivity (Wildman–Crippen MR) is 83.7 cm³/mol. The van der Waals surface area contributed by atoms with Gasteiger partial charge in [-0.3, -0.25) is 0 Å². The molecule has 0 aliphatic carbocycles. The van der Waals surface area contributed by atoms with Gasteiger partial charge in [0.2, 0.25) is 0 Å². The first-order chi connectivity index (χ1) is 10.1. The molecule has 0 saturated carbocycles. The molecule has 0 heterocycles. The lowest BCUT2D eigenvalue weighted by atomic mass is 10.0. The van der Waals surface area contributed by atoms with Crippen LogP contribution in [0.15, 0.2) is 0 Å². The second-order valence-corrected chi connectivity index (χ2v) is 7.49. The van der Waals surface area contributed by atoms with E-state index in [0.717, 1.165) is 0 Å². The summed E-state index contributed by atoms with van der Waals surface area (Å²) in [6.07, 6.45) is -1.90. The molecule has 0 aromatic carbocycles. The first-order valence-electron chi connectivity index (χ1n) is 7.38. The summed E-state index contributed by atoms with van der Waals surface area (Å²) < 4.78 is 10.2. The maximum atomic E-state index is 12.3. The van der Waals surface area contributed by atoms with E-state index in [4.69, 9.17) is 9.47 Å². The molecule has 1 atom stereocenters. The Labute approximate surface area is 137 Å². The minimum absolute atomic E-state index is 0.463. The van der Waals surface area contributed by atoms with Crippen LogP contribution in [0.2, 0.25) is 0 Å². The number of hydrogen-bond donors (Lipinski definition) is 2. The highest BCUT2D eigenvalue weighted by Crippen LogP contribution is 2.16. The number of carbonyl (C=O) groups excluding carboxylic acids is 2. The highest BCUT2D eigenvalue weighted by Gasteiger charge is 2.37. The van der Waals surface area contributed by atoms with Crippen LogP contribution in [-0.4, -0.2) is 45.5 Å². The molecule has 0 saturated heterocycles. The highest BCUT2D eigenvalue weighted by molar-refractivity contribution is 5.82. The molecule has 0 rings (SSSR count). The Balaban J connectivity index is 5.41. The standard InChI is InChI=1S/C15H28N2O6/c1-9(2)10(11(18)19)17(13(21)23-15(6,7)8)16-12(20)22-14(3,4)5/h9-10H,1-8H3,(H,16,20)(H,18,19)/t10-/m1/s1. The van der Waals surface area contributed by atoms with E-state index < -0.39 is 41.3 Å². The van der Waals surface area contributed by atoms with Gasteiger partial charge in [0.15, 0.2) is 6.04 Å². The maximum Gasteiger partial charge on any atom is 0.430 e. The number of ether oxygens (including phenoxy) is 2. The van der Waals surface area contributed by atoms with Gasteiger partial charge >= 0.3 is 18.2 Å². The number of rotatable bonds is 3. The Morgan fingerprint density at radius 3 is 1.70 bits per heavy atom. The summed E-state index contributed by atoms with van der Waals surface area (Å²) in [7, 11) is 0. The van der Waals surface area contributed by atoms with Crippen molar-refractivity contribution >= 4 is 18.2 Å². The molecule has 2 N–H and O–H groups in total. The number of hydrogen-bond acceptors (Lipinski definition) is 5. The largest absolute Gasteiger partial charge is 0.480 e. The average Bonchev–Trinajstić information content (AvgIpc) is 2.21. The minimum Gasteiger partial charge on any atom is -0.480 e. The first-order valence-corrected chi connectivity index (χ1v) is 7.38. The third-order valence-electron chi connectivity index (χ3n) is 2.36. The Morgan fingerprint density at radius 2 is 1.39 bits per heavy atom. The average molecular weight is 332 g/mol. The van der Waals surface area contributed by atoms with E-state index in [9.17, 15) is 19.5 Å². The summed E-state index contributed by atoms with van der Waals surface area (Å²) >= 11 is 0. The van der Waals surface area contributed by atoms with Gasteiger partial charge in [-0.25, -0.2) is 24.8 Å². The molecule has 0 radical (unpaired) electrons. The van der Waals surface area contributed by atoms with Crippen LogP contribution >= 0.6 is 0 Å². The molecule has 0 aromatic heterocycles. The molecule has 0 aliphatic heterocycles. The second-order valence-electron chi connectivity index (χ2n) is 7.49. The zero-order valence-electron chi connectivity index (χ0n) is 15.1. The van der Waals surface area contributed by atoms with Gasteiger partial charge in [0, 0.05) is 0 Å². The van der Waals surface area contributed by atoms with Gasteiger partial charge in [0.25, 0.3) is 0 Å². The van der Waals surface area contributed by atoms with Gasteiger partial charge in [0.1, 0.15) is 11.2 Å². The molecule has 23 heavy (non-hydrogen) atoms. The molecule has 0 bridgehead atoms. The van der Waals surface area contributed by atoms with Crippen molar-refractivity contribution in [3.05, 3.63) is 0 Å². The molecule has 0 spiro atoms. The van der Waals surface area contributed by atoms with Gasteiger partial charge in [-0.1, -0.05) is 13.8 Å². The van der Waals surface area contributed by atoms with Gasteiger partial charge in [-0.2, -0.15) is 0 Å². The zero-order chi connectivity index (χ0) is 18.6. The van der Waals surface area contributed by atoms with E-state index >= 15 is 0 Å². The van der Waals surface area contributed by atoms with Crippen LogP contribution in [0.3, 0.4) is 0 Å². The molecule has 8 heteroatoms. The molecule has 0 unspecified atom stereocenters. The fourth-order valence-electron chi connectivity index (χ4n) is 1.63. The molecule has 2 amide bonds. The normalized spacial score (nSPS) is 13.3. The molecular formula is C15H28N2O6. The Kier molecular flexibility index (Phi) is 6.87. The molecule has 0 aliphatic rings. The second kappa shape index (κ2) is 7.52. The Bertz CT molecular complexity index is 448. The van der Waals surface area contributed by atoms with Crippen LogP contribution in [-0.2, 0) is 14.3 Å². The number of carboxylic acid groups (broad SMARTS) is 1. The van der Waals surface area contributed by atoms with Crippen LogP contribution in [0.1, 0.15) is 55.4 Å². The number of aliphatic carboxylic acids is 1. The summed E-state index contributed by atoms with van der Waals surface area (Å²) in [5.74, 6) is -1.73. The third kappa shape index (κ3) is 8.27. The summed E-state index contributed by atoms with van der Waals surface area (Å²) in [4.78, 5) is 35.7. The smallest absolute Gasteiger partial charge is 0.430 e. The lowest BCUT2D eigenvalue weighted by Gasteiger charge is -2.33. The Hall–Kier alpha value is -1.99. The molecular weight excluding hydrogens is 304 g/mol. The van der Waals surface area contributed by atoms with E-state index in [1.165, 1.54) is 0 Å². The van der Waals surface area contributed by atoms with Crippen LogP contribution in [0.5, 0.6) is 0 Å². The SMILES string of the molecule is CC(C)[C@H](C(=O)O)N(NC(=O)OC(C)(C)C)C(=O)OC(C)(C)C. The highest BCUT2D eigenvalue weighted by atomic mass is 16.6. The summed E-state index contributed by atoms with van der Waals surface area (Å²) in [6.45, 7) is 13.1. The van der Waals surface area contributed by atoms with E-state index in [2.05, 4.69) is 5.43 Å². The zero-order valence-corrected chi connectivity index (χ0v) is 15.1. The molecule has 8 nitrogen and oxygen atoms in total. The van der Waals surface area contributed by atoms with Crippen LogP contribution in [0.25, 0.3) is 0 Å². The summed E-state index contributed by atoms with van der Waals surface area (Å²) in [6, 6.07) is -1.29. The van der Waals surface area contributed by atoms with Crippen LogP contribution in [0.4, 0.5) is 9.59 Å². The Morgan fingerprint density at radius 1 is 0.957 bits per heavy atom. The van der Waals surface area contributed by atoms with Gasteiger partial charge < -0.3 is 14.6 Å². The predicted octanol–water partition coefficient (Wildman–Crippen LogP) is 2.77. The van der Waals surface area contributed by atoms with E-state index in [1.54, 1.807) is 55.4 Å². The van der Waals surface area contributed by atoms with E-state index in [0.29, 0.717) is 5.01 Å². The van der Waals surface area contributed by atoms with Crippen molar-refractivity contribution in [2.24, 2.45) is 5.92 Å². The number of nitrogens with zero attached hydrogens (tertiary/aromatic N) is 1. The number of carbonyl (C=O) groups is 3. The number of amides is 2. The fraction of sp³-hybridized carbons (Fsp3) is 0.800. The van der Waals surface area contributed by atoms with Crippen molar-refractivity contribution in [1.82, 2.24) is 10.4 Å².